The summed E-state index contributed by atoms with van der Waals surface area (Å²) in [6.07, 6.45) is 5.69. The summed E-state index contributed by atoms with van der Waals surface area (Å²) in [5.41, 5.74) is 0. The standard InChI is InChI=1S/C13H22BrNO2/c1-10-6-9-17-12(10)13(16)15(8-7-14)11-4-2-3-5-11/h10-12H,2-9H2,1H3. The zero-order chi connectivity index (χ0) is 12.3. The Kier molecular flexibility index (Phi) is 4.86. The summed E-state index contributed by atoms with van der Waals surface area (Å²) < 4.78 is 5.61. The average molecular weight is 304 g/mol. The van der Waals surface area contributed by atoms with Crippen molar-refractivity contribution in [3.63, 3.8) is 0 Å². The van der Waals surface area contributed by atoms with Crippen molar-refractivity contribution in [2.45, 2.75) is 51.2 Å². The molecule has 2 rings (SSSR count). The normalized spacial score (nSPS) is 29.8. The van der Waals surface area contributed by atoms with Gasteiger partial charge in [0.15, 0.2) is 0 Å². The maximum Gasteiger partial charge on any atom is 0.252 e. The van der Waals surface area contributed by atoms with Crippen LogP contribution in [0.25, 0.3) is 0 Å². The van der Waals surface area contributed by atoms with E-state index < -0.39 is 0 Å². The lowest BCUT2D eigenvalue weighted by Crippen LogP contribution is -2.46. The van der Waals surface area contributed by atoms with Crippen LogP contribution in [0.3, 0.4) is 0 Å². The van der Waals surface area contributed by atoms with Crippen LogP contribution in [0.2, 0.25) is 0 Å². The fraction of sp³-hybridized carbons (Fsp3) is 0.923. The van der Waals surface area contributed by atoms with E-state index in [1.807, 2.05) is 0 Å². The third kappa shape index (κ3) is 3.02. The van der Waals surface area contributed by atoms with Crippen molar-refractivity contribution < 1.29 is 9.53 Å². The molecule has 1 heterocycles. The van der Waals surface area contributed by atoms with Crippen LogP contribution in [0.15, 0.2) is 0 Å². The van der Waals surface area contributed by atoms with Gasteiger partial charge < -0.3 is 9.64 Å². The molecule has 2 fully saturated rings. The number of carbonyl (C=O) groups is 1. The van der Waals surface area contributed by atoms with E-state index in [9.17, 15) is 4.79 Å². The van der Waals surface area contributed by atoms with E-state index >= 15 is 0 Å². The first kappa shape index (κ1) is 13.3. The molecule has 17 heavy (non-hydrogen) atoms. The largest absolute Gasteiger partial charge is 0.368 e. The molecule has 1 saturated heterocycles. The number of ether oxygens (including phenoxy) is 1. The van der Waals surface area contributed by atoms with Gasteiger partial charge in [-0.25, -0.2) is 0 Å². The van der Waals surface area contributed by atoms with Crippen LogP contribution in [0.1, 0.15) is 39.0 Å². The van der Waals surface area contributed by atoms with E-state index in [1.54, 1.807) is 0 Å². The second kappa shape index (κ2) is 6.19. The second-order valence-corrected chi connectivity index (χ2v) is 6.01. The van der Waals surface area contributed by atoms with Gasteiger partial charge in [0.05, 0.1) is 0 Å². The lowest BCUT2D eigenvalue weighted by molar-refractivity contribution is -0.144. The Morgan fingerprint density at radius 1 is 1.35 bits per heavy atom. The van der Waals surface area contributed by atoms with Crippen molar-refractivity contribution in [3.8, 4) is 0 Å². The van der Waals surface area contributed by atoms with Crippen molar-refractivity contribution in [2.24, 2.45) is 5.92 Å². The maximum absolute atomic E-state index is 12.5. The molecule has 0 spiro atoms. The van der Waals surface area contributed by atoms with Crippen molar-refractivity contribution in [1.82, 2.24) is 4.90 Å². The van der Waals surface area contributed by atoms with E-state index in [2.05, 4.69) is 27.8 Å². The third-order valence-electron chi connectivity index (χ3n) is 4.00. The summed E-state index contributed by atoms with van der Waals surface area (Å²) in [7, 11) is 0. The zero-order valence-electron chi connectivity index (χ0n) is 10.5. The molecule has 1 aliphatic heterocycles. The van der Waals surface area contributed by atoms with Crippen LogP contribution in [-0.4, -0.2) is 41.4 Å². The van der Waals surface area contributed by atoms with Crippen molar-refractivity contribution in [3.05, 3.63) is 0 Å². The highest BCUT2D eigenvalue weighted by atomic mass is 79.9. The maximum atomic E-state index is 12.5. The first-order chi connectivity index (χ1) is 8.24. The van der Waals surface area contributed by atoms with Crippen LogP contribution in [0.5, 0.6) is 0 Å². The Morgan fingerprint density at radius 3 is 2.59 bits per heavy atom. The van der Waals surface area contributed by atoms with Gasteiger partial charge in [0.25, 0.3) is 5.91 Å². The molecule has 3 nitrogen and oxygen atoms in total. The predicted octanol–water partition coefficient (Wildman–Crippen LogP) is 2.58. The SMILES string of the molecule is CC1CCOC1C(=O)N(CCBr)C1CCCC1. The van der Waals surface area contributed by atoms with Gasteiger partial charge in [0.1, 0.15) is 6.10 Å². The molecule has 2 atom stereocenters. The lowest BCUT2D eigenvalue weighted by atomic mass is 10.0. The van der Waals surface area contributed by atoms with Gasteiger partial charge in [-0.3, -0.25) is 4.79 Å². The molecule has 1 saturated carbocycles. The highest BCUT2D eigenvalue weighted by Crippen LogP contribution is 2.28. The number of hydrogen-bond acceptors (Lipinski definition) is 2. The molecule has 1 aliphatic carbocycles. The van der Waals surface area contributed by atoms with Gasteiger partial charge in [0.2, 0.25) is 0 Å². The first-order valence-electron chi connectivity index (χ1n) is 6.72. The number of nitrogens with zero attached hydrogens (tertiary/aromatic N) is 1. The van der Waals surface area contributed by atoms with Gasteiger partial charge >= 0.3 is 0 Å². The molecule has 2 aliphatic rings. The second-order valence-electron chi connectivity index (χ2n) is 5.22. The van der Waals surface area contributed by atoms with E-state index in [0.717, 1.165) is 24.9 Å². The van der Waals surface area contributed by atoms with Crippen molar-refractivity contribution >= 4 is 21.8 Å². The van der Waals surface area contributed by atoms with E-state index in [-0.39, 0.29) is 12.0 Å². The highest BCUT2D eigenvalue weighted by Gasteiger charge is 2.36. The Balaban J connectivity index is 2.01. The molecular weight excluding hydrogens is 282 g/mol. The van der Waals surface area contributed by atoms with E-state index in [4.69, 9.17) is 4.74 Å². The van der Waals surface area contributed by atoms with Gasteiger partial charge in [-0.05, 0) is 25.2 Å². The highest BCUT2D eigenvalue weighted by molar-refractivity contribution is 9.09. The zero-order valence-corrected chi connectivity index (χ0v) is 12.1. The molecule has 0 aromatic carbocycles. The molecule has 2 unspecified atom stereocenters. The molecule has 1 amide bonds. The monoisotopic (exact) mass is 303 g/mol. The number of carbonyl (C=O) groups excluding carboxylic acids is 1. The van der Waals surface area contributed by atoms with E-state index in [1.165, 1.54) is 25.7 Å². The number of hydrogen-bond donors (Lipinski definition) is 0. The quantitative estimate of drug-likeness (QED) is 0.747. The number of rotatable bonds is 4. The summed E-state index contributed by atoms with van der Waals surface area (Å²) >= 11 is 3.45. The molecule has 0 radical (unpaired) electrons. The minimum atomic E-state index is -0.186. The molecule has 98 valence electrons. The van der Waals surface area contributed by atoms with Crippen LogP contribution < -0.4 is 0 Å². The average Bonchev–Trinajstić information content (AvgIpc) is 2.95. The third-order valence-corrected chi connectivity index (χ3v) is 4.36. The molecule has 0 bridgehead atoms. The van der Waals surface area contributed by atoms with Crippen LogP contribution in [0.4, 0.5) is 0 Å². The Hall–Kier alpha value is -0.0900. The fourth-order valence-corrected chi connectivity index (χ4v) is 3.34. The van der Waals surface area contributed by atoms with Gasteiger partial charge in [-0.1, -0.05) is 35.7 Å². The number of halogens is 1. The molecule has 0 N–H and O–H groups in total. The minimum Gasteiger partial charge on any atom is -0.368 e. The van der Waals surface area contributed by atoms with Crippen molar-refractivity contribution in [2.75, 3.05) is 18.5 Å². The molecule has 0 aromatic heterocycles. The summed E-state index contributed by atoms with van der Waals surface area (Å²) in [6, 6.07) is 0.455. The lowest BCUT2D eigenvalue weighted by Gasteiger charge is -2.31. The summed E-state index contributed by atoms with van der Waals surface area (Å²) in [5, 5.41) is 0.857. The van der Waals surface area contributed by atoms with Gasteiger partial charge in [-0.2, -0.15) is 0 Å². The van der Waals surface area contributed by atoms with Crippen LogP contribution in [0, 0.1) is 5.92 Å². The van der Waals surface area contributed by atoms with E-state index in [0.29, 0.717) is 12.0 Å². The Morgan fingerprint density at radius 2 is 2.06 bits per heavy atom. The summed E-state index contributed by atoms with van der Waals surface area (Å²) in [6.45, 7) is 3.68. The first-order valence-corrected chi connectivity index (χ1v) is 7.84. The number of alkyl halides is 1. The predicted molar refractivity (Wildman–Crippen MR) is 71.3 cm³/mol. The summed E-state index contributed by atoms with van der Waals surface area (Å²) in [5.74, 6) is 0.600. The molecular formula is C13H22BrNO2. The van der Waals surface area contributed by atoms with Crippen LogP contribution >= 0.6 is 15.9 Å². The molecule has 4 heteroatoms. The Bertz CT molecular complexity index is 266. The minimum absolute atomic E-state index is 0.186. The topological polar surface area (TPSA) is 29.5 Å². The van der Waals surface area contributed by atoms with Gasteiger partial charge in [0, 0.05) is 24.5 Å². The smallest absolute Gasteiger partial charge is 0.252 e. The fourth-order valence-electron chi connectivity index (χ4n) is 2.95. The van der Waals surface area contributed by atoms with Crippen LogP contribution in [-0.2, 0) is 9.53 Å². The van der Waals surface area contributed by atoms with Crippen molar-refractivity contribution in [1.29, 1.82) is 0 Å². The molecule has 0 aromatic rings. The number of amides is 1. The summed E-state index contributed by atoms with van der Waals surface area (Å²) in [4.78, 5) is 14.6. The van der Waals surface area contributed by atoms with Gasteiger partial charge in [-0.15, -0.1) is 0 Å². The Labute approximate surface area is 112 Å².